The van der Waals surface area contributed by atoms with Crippen LogP contribution in [-0.4, -0.2) is 102 Å². The maximum Gasteiger partial charge on any atom is 0.343 e. The van der Waals surface area contributed by atoms with E-state index in [-0.39, 0.29) is 11.5 Å². The first-order valence-corrected chi connectivity index (χ1v) is 28.4. The van der Waals surface area contributed by atoms with Crippen molar-refractivity contribution in [1.29, 1.82) is 0 Å². The molecule has 17 nitrogen and oxygen atoms in total. The zero-order valence-electron chi connectivity index (χ0n) is 48.4. The van der Waals surface area contributed by atoms with Crippen LogP contribution >= 0.6 is 0 Å². The Morgan fingerprint density at radius 1 is 0.341 bits per heavy atom. The van der Waals surface area contributed by atoms with Crippen LogP contribution in [0.2, 0.25) is 0 Å². The van der Waals surface area contributed by atoms with Crippen LogP contribution in [0.5, 0.6) is 34.5 Å². The van der Waals surface area contributed by atoms with Crippen LogP contribution in [-0.2, 0) is 46.1 Å². The fourth-order valence-corrected chi connectivity index (χ4v) is 8.30. The second-order valence-corrected chi connectivity index (χ2v) is 19.5. The van der Waals surface area contributed by atoms with Crippen molar-refractivity contribution in [3.05, 3.63) is 203 Å². The van der Waals surface area contributed by atoms with Crippen molar-refractivity contribution in [3.63, 3.8) is 0 Å². The maximum absolute atomic E-state index is 13.0. The molecule has 0 aliphatic carbocycles. The summed E-state index contributed by atoms with van der Waals surface area (Å²) in [7, 11) is 0. The molecule has 85 heavy (non-hydrogen) atoms. The van der Waals surface area contributed by atoms with Crippen LogP contribution in [0.4, 0.5) is 0 Å². The molecule has 0 amide bonds. The van der Waals surface area contributed by atoms with Gasteiger partial charge in [0.05, 0.1) is 75.1 Å². The Balaban J connectivity index is 0.757. The lowest BCUT2D eigenvalue weighted by atomic mass is 10.0. The van der Waals surface area contributed by atoms with E-state index in [1.807, 2.05) is 38.1 Å². The molecule has 0 aromatic heterocycles. The van der Waals surface area contributed by atoms with E-state index >= 15 is 0 Å². The molecule has 0 fully saturated rings. The molecular weight excluding hydrogens is 1090 g/mol. The summed E-state index contributed by atoms with van der Waals surface area (Å²) in [6.45, 7) is 13.9. The summed E-state index contributed by atoms with van der Waals surface area (Å²) in [6, 6.07) is 37.1. The van der Waals surface area contributed by atoms with Crippen molar-refractivity contribution in [2.24, 2.45) is 0 Å². The van der Waals surface area contributed by atoms with E-state index < -0.39 is 35.8 Å². The van der Waals surface area contributed by atoms with Crippen molar-refractivity contribution in [1.82, 2.24) is 0 Å². The Kier molecular flexibility index (Phi) is 28.1. The van der Waals surface area contributed by atoms with Crippen molar-refractivity contribution in [2.75, 3.05) is 66.1 Å². The Labute approximate surface area is 496 Å². The normalized spacial score (nSPS) is 10.8. The van der Waals surface area contributed by atoms with E-state index in [2.05, 4.69) is 13.2 Å². The zero-order valence-corrected chi connectivity index (χ0v) is 48.4. The number of esters is 6. The molecule has 6 aromatic rings. The van der Waals surface area contributed by atoms with Gasteiger partial charge in [0.1, 0.15) is 47.7 Å². The number of hydrogen-bond donors (Lipinski definition) is 0. The van der Waals surface area contributed by atoms with Gasteiger partial charge in [0.15, 0.2) is 0 Å². The monoisotopic (exact) mass is 1160 g/mol. The molecule has 0 N–H and O–H groups in total. The van der Waals surface area contributed by atoms with Crippen LogP contribution in [0.1, 0.15) is 115 Å². The first-order valence-electron chi connectivity index (χ1n) is 28.4. The second kappa shape index (κ2) is 36.6. The van der Waals surface area contributed by atoms with Gasteiger partial charge in [-0.2, -0.15) is 0 Å². The number of unbranched alkanes of at least 4 members (excludes halogenated alkanes) is 6. The minimum atomic E-state index is -0.552. The average Bonchev–Trinajstić information content (AvgIpc) is 3.52. The number of hydrogen-bond acceptors (Lipinski definition) is 17. The highest BCUT2D eigenvalue weighted by Gasteiger charge is 2.16. The lowest BCUT2D eigenvalue weighted by Crippen LogP contribution is -2.14. The summed E-state index contributed by atoms with van der Waals surface area (Å²) in [5.74, 6) is -0.509. The molecule has 0 atom stereocenters. The summed E-state index contributed by atoms with van der Waals surface area (Å²) in [5, 5.41) is 0. The van der Waals surface area contributed by atoms with Crippen molar-refractivity contribution in [3.8, 4) is 34.5 Å². The Hall–Kier alpha value is -8.90. The topological polar surface area (TPSA) is 204 Å². The van der Waals surface area contributed by atoms with Crippen LogP contribution in [0, 0.1) is 13.8 Å². The van der Waals surface area contributed by atoms with Gasteiger partial charge >= 0.3 is 35.8 Å². The molecule has 0 aliphatic rings. The SMILES string of the molecule is C=CC(=O)OCCCCCCc1ccc(C(=O)Oc2ccc(OC(=O)c3ccc(OCCOCCOCCOCCOc4ccc(C(=O)Oc5ccc(OC(=O)c6ccc(CCCCCCOC(=O)C=C)cc6)cc5)cc4C)c(C)c3)cc2)cc1. The van der Waals surface area contributed by atoms with Gasteiger partial charge in [0, 0.05) is 12.2 Å². The highest BCUT2D eigenvalue weighted by atomic mass is 16.6. The fraction of sp³-hybridized carbons (Fsp3) is 0.324. The third-order valence-corrected chi connectivity index (χ3v) is 12.9. The van der Waals surface area contributed by atoms with Gasteiger partial charge in [0.25, 0.3) is 0 Å². The summed E-state index contributed by atoms with van der Waals surface area (Å²) < 4.78 is 60.8. The lowest BCUT2D eigenvalue weighted by Gasteiger charge is -2.12. The third kappa shape index (κ3) is 24.1. The number of aryl methyl sites for hydroxylation is 4. The third-order valence-electron chi connectivity index (χ3n) is 12.9. The first-order chi connectivity index (χ1) is 41.4. The Morgan fingerprint density at radius 3 is 0.953 bits per heavy atom. The molecular formula is C68H74O17. The minimum absolute atomic E-state index is 0.289. The molecule has 0 heterocycles. The van der Waals surface area contributed by atoms with E-state index in [0.717, 1.165) is 98.6 Å². The molecule has 0 unspecified atom stereocenters. The highest BCUT2D eigenvalue weighted by molar-refractivity contribution is 5.93. The number of ether oxygens (including phenoxy) is 11. The fourth-order valence-electron chi connectivity index (χ4n) is 8.30. The van der Waals surface area contributed by atoms with E-state index in [9.17, 15) is 28.8 Å². The predicted molar refractivity (Wildman–Crippen MR) is 318 cm³/mol. The molecule has 6 aromatic carbocycles. The molecule has 448 valence electrons. The summed E-state index contributed by atoms with van der Waals surface area (Å²) in [5.41, 5.74) is 5.24. The van der Waals surface area contributed by atoms with Crippen LogP contribution in [0.3, 0.4) is 0 Å². The van der Waals surface area contributed by atoms with E-state index in [1.165, 1.54) is 0 Å². The largest absolute Gasteiger partial charge is 0.491 e. The number of carbonyl (C=O) groups is 6. The zero-order chi connectivity index (χ0) is 60.4. The van der Waals surface area contributed by atoms with E-state index in [4.69, 9.17) is 52.1 Å². The van der Waals surface area contributed by atoms with Crippen LogP contribution < -0.4 is 28.4 Å². The first kappa shape index (κ1) is 65.3. The molecule has 0 bridgehead atoms. The van der Waals surface area contributed by atoms with Gasteiger partial charge in [-0.15, -0.1) is 0 Å². The van der Waals surface area contributed by atoms with Crippen molar-refractivity contribution < 1.29 is 80.9 Å². The van der Waals surface area contributed by atoms with Gasteiger partial charge in [0.2, 0.25) is 0 Å². The molecule has 0 saturated heterocycles. The van der Waals surface area contributed by atoms with Crippen molar-refractivity contribution >= 4 is 35.8 Å². The number of rotatable bonds is 38. The molecule has 0 radical (unpaired) electrons. The van der Waals surface area contributed by atoms with Gasteiger partial charge < -0.3 is 52.1 Å². The standard InChI is InChI=1S/C68H74O17/c1-5-63(69)80-37-13-9-7-11-15-51-17-21-53(22-18-51)65(71)82-57-27-31-59(32-28-57)84-67(73)55-25-35-61(49(3)47-55)78-45-43-76-41-39-75-40-42-77-44-46-79-62-36-26-56(48-50(62)4)68(74)85-60-33-29-58(30-34-60)83-66(72)54-23-19-52(20-24-54)16-12-8-10-14-38-81-64(70)6-2/h5-6,17-36,47-48H,1-2,7-16,37-46H2,3-4H3. The van der Waals surface area contributed by atoms with E-state index in [0.29, 0.717) is 111 Å². The van der Waals surface area contributed by atoms with Crippen LogP contribution in [0.15, 0.2) is 159 Å². The summed E-state index contributed by atoms with van der Waals surface area (Å²) >= 11 is 0. The molecule has 6 rings (SSSR count). The van der Waals surface area contributed by atoms with Gasteiger partial charge in [-0.05, 0) is 184 Å². The minimum Gasteiger partial charge on any atom is -0.491 e. The lowest BCUT2D eigenvalue weighted by molar-refractivity contribution is -0.138. The number of benzene rings is 6. The smallest absolute Gasteiger partial charge is 0.343 e. The van der Waals surface area contributed by atoms with Crippen LogP contribution in [0.25, 0.3) is 0 Å². The Morgan fingerprint density at radius 2 is 0.635 bits per heavy atom. The van der Waals surface area contributed by atoms with E-state index in [1.54, 1.807) is 109 Å². The quantitative estimate of drug-likeness (QED) is 0.0153. The molecule has 0 saturated carbocycles. The molecule has 0 aliphatic heterocycles. The Bertz CT molecular complexity index is 2890. The predicted octanol–water partition coefficient (Wildman–Crippen LogP) is 12.4. The molecule has 17 heteroatoms. The van der Waals surface area contributed by atoms with Gasteiger partial charge in [-0.25, -0.2) is 28.8 Å². The highest BCUT2D eigenvalue weighted by Crippen LogP contribution is 2.26. The average molecular weight is 1160 g/mol. The van der Waals surface area contributed by atoms with Crippen molar-refractivity contribution in [2.45, 2.75) is 78.1 Å². The van der Waals surface area contributed by atoms with Gasteiger partial charge in [-0.3, -0.25) is 0 Å². The number of carbonyl (C=O) groups excluding carboxylic acids is 6. The molecule has 0 spiro atoms. The summed E-state index contributed by atoms with van der Waals surface area (Å²) in [6.07, 6.45) is 11.5. The van der Waals surface area contributed by atoms with Gasteiger partial charge in [-0.1, -0.05) is 63.1 Å². The second-order valence-electron chi connectivity index (χ2n) is 19.5. The summed E-state index contributed by atoms with van der Waals surface area (Å²) in [4.78, 5) is 73.7. The maximum atomic E-state index is 13.0.